The lowest BCUT2D eigenvalue weighted by Gasteiger charge is -2.21. The first-order chi connectivity index (χ1) is 15.3. The lowest BCUT2D eigenvalue weighted by atomic mass is 10.2. The number of nitrogens with zero attached hydrogens (tertiary/aromatic N) is 3. The van der Waals surface area contributed by atoms with Gasteiger partial charge in [0.2, 0.25) is 0 Å². The van der Waals surface area contributed by atoms with Crippen molar-refractivity contribution >= 4 is 10.0 Å². The predicted molar refractivity (Wildman–Crippen MR) is 121 cm³/mol. The zero-order chi connectivity index (χ0) is 23.3. The fourth-order valence-corrected chi connectivity index (χ4v) is 4.71. The van der Waals surface area contributed by atoms with Crippen molar-refractivity contribution in [1.29, 1.82) is 0 Å². The number of aryl methyl sites for hydroxylation is 1. The van der Waals surface area contributed by atoms with Crippen LogP contribution in [0, 0.1) is 0 Å². The Morgan fingerprint density at radius 2 is 1.38 bits per heavy atom. The van der Waals surface area contributed by atoms with E-state index in [0.29, 0.717) is 17.2 Å². The van der Waals surface area contributed by atoms with Crippen LogP contribution in [-0.4, -0.2) is 43.8 Å². The fraction of sp³-hybridized carbons (Fsp3) is 0.348. The number of hydrogen-bond acceptors (Lipinski definition) is 6. The first-order valence-electron chi connectivity index (χ1n) is 10.1. The summed E-state index contributed by atoms with van der Waals surface area (Å²) >= 11 is 0. The molecule has 0 aliphatic carbocycles. The summed E-state index contributed by atoms with van der Waals surface area (Å²) in [5, 5.41) is 4.26. The van der Waals surface area contributed by atoms with Crippen LogP contribution in [0.4, 0.5) is 0 Å². The second kappa shape index (κ2) is 10.2. The van der Waals surface area contributed by atoms with Gasteiger partial charge in [-0.1, -0.05) is 24.3 Å². The molecule has 172 valence electrons. The molecule has 1 atom stereocenters. The SMILES string of the molecule is COc1ccc(CN(Cc2ccc(OC)cc2)S(=O)(=O)c2cc(C(C)OC)n(C)n2)cc1. The van der Waals surface area contributed by atoms with E-state index in [0.717, 1.165) is 11.1 Å². The van der Waals surface area contributed by atoms with E-state index in [1.807, 2.05) is 55.5 Å². The summed E-state index contributed by atoms with van der Waals surface area (Å²) in [4.78, 5) is 0. The van der Waals surface area contributed by atoms with Crippen LogP contribution < -0.4 is 9.47 Å². The summed E-state index contributed by atoms with van der Waals surface area (Å²) in [5.74, 6) is 1.42. The Kier molecular flexibility index (Phi) is 7.55. The van der Waals surface area contributed by atoms with E-state index in [4.69, 9.17) is 14.2 Å². The second-order valence-electron chi connectivity index (χ2n) is 7.38. The largest absolute Gasteiger partial charge is 0.497 e. The number of aromatic nitrogens is 2. The molecular weight excluding hydrogens is 430 g/mol. The second-order valence-corrected chi connectivity index (χ2v) is 9.26. The van der Waals surface area contributed by atoms with Gasteiger partial charge >= 0.3 is 0 Å². The molecule has 0 N–H and O–H groups in total. The molecule has 0 aliphatic heterocycles. The molecule has 0 saturated heterocycles. The van der Waals surface area contributed by atoms with Crippen molar-refractivity contribution in [3.63, 3.8) is 0 Å². The Morgan fingerprint density at radius 3 is 1.78 bits per heavy atom. The highest BCUT2D eigenvalue weighted by Gasteiger charge is 2.29. The van der Waals surface area contributed by atoms with Crippen molar-refractivity contribution in [2.45, 2.75) is 31.1 Å². The standard InChI is InChI=1S/C23H29N3O5S/c1-17(29-3)22-14-23(24-25(22)2)32(27,28)26(15-18-6-10-20(30-4)11-7-18)16-19-8-12-21(31-5)13-9-19/h6-14,17H,15-16H2,1-5H3. The van der Waals surface area contributed by atoms with Gasteiger partial charge in [-0.2, -0.15) is 9.40 Å². The first-order valence-corrected chi connectivity index (χ1v) is 11.5. The van der Waals surface area contributed by atoms with E-state index in [9.17, 15) is 8.42 Å². The third kappa shape index (κ3) is 5.29. The number of methoxy groups -OCH3 is 3. The fourth-order valence-electron chi connectivity index (χ4n) is 3.31. The summed E-state index contributed by atoms with van der Waals surface area (Å²) in [6.07, 6.45) is -0.284. The Labute approximate surface area is 189 Å². The molecule has 1 unspecified atom stereocenters. The summed E-state index contributed by atoms with van der Waals surface area (Å²) in [5.41, 5.74) is 2.36. The molecule has 0 saturated carbocycles. The number of sulfonamides is 1. The molecule has 0 bridgehead atoms. The predicted octanol–water partition coefficient (Wildman–Crippen LogP) is 3.54. The molecule has 32 heavy (non-hydrogen) atoms. The summed E-state index contributed by atoms with van der Waals surface area (Å²) in [6.45, 7) is 2.22. The average molecular weight is 460 g/mol. The van der Waals surface area contributed by atoms with Gasteiger partial charge in [0.1, 0.15) is 11.5 Å². The minimum absolute atomic E-state index is 0.0130. The molecule has 0 aliphatic rings. The number of hydrogen-bond donors (Lipinski definition) is 0. The van der Waals surface area contributed by atoms with Crippen molar-refractivity contribution in [3.8, 4) is 11.5 Å². The molecule has 1 heterocycles. The maximum Gasteiger partial charge on any atom is 0.263 e. The first kappa shape index (κ1) is 23.8. The van der Waals surface area contributed by atoms with E-state index in [1.165, 1.54) is 4.31 Å². The van der Waals surface area contributed by atoms with Crippen molar-refractivity contribution in [1.82, 2.24) is 14.1 Å². The van der Waals surface area contributed by atoms with Gasteiger partial charge in [0.05, 0.1) is 26.0 Å². The smallest absolute Gasteiger partial charge is 0.263 e. The molecular formula is C23H29N3O5S. The van der Waals surface area contributed by atoms with Crippen LogP contribution in [0.3, 0.4) is 0 Å². The molecule has 1 aromatic heterocycles. The van der Waals surface area contributed by atoms with Gasteiger partial charge < -0.3 is 14.2 Å². The van der Waals surface area contributed by atoms with Crippen molar-refractivity contribution in [2.75, 3.05) is 21.3 Å². The molecule has 9 heteroatoms. The highest BCUT2D eigenvalue weighted by molar-refractivity contribution is 7.89. The Bertz CT molecular complexity index is 1080. The van der Waals surface area contributed by atoms with Crippen LogP contribution in [0.5, 0.6) is 11.5 Å². The van der Waals surface area contributed by atoms with E-state index >= 15 is 0 Å². The quantitative estimate of drug-likeness (QED) is 0.461. The molecule has 0 fully saturated rings. The Balaban J connectivity index is 1.97. The normalized spacial score (nSPS) is 12.7. The van der Waals surface area contributed by atoms with E-state index < -0.39 is 10.0 Å². The van der Waals surface area contributed by atoms with Crippen LogP contribution >= 0.6 is 0 Å². The minimum Gasteiger partial charge on any atom is -0.497 e. The monoisotopic (exact) mass is 459 g/mol. The van der Waals surface area contributed by atoms with Crippen molar-refractivity contribution in [3.05, 3.63) is 71.4 Å². The van der Waals surface area contributed by atoms with Gasteiger partial charge in [-0.15, -0.1) is 0 Å². The third-order valence-corrected chi connectivity index (χ3v) is 6.97. The van der Waals surface area contributed by atoms with Crippen molar-refractivity contribution < 1.29 is 22.6 Å². The van der Waals surface area contributed by atoms with E-state index in [-0.39, 0.29) is 24.2 Å². The third-order valence-electron chi connectivity index (χ3n) is 5.30. The Hall–Kier alpha value is -2.88. The molecule has 2 aromatic carbocycles. The van der Waals surface area contributed by atoms with Gasteiger partial charge in [0.15, 0.2) is 5.03 Å². The molecule has 8 nitrogen and oxygen atoms in total. The van der Waals surface area contributed by atoms with Crippen LogP contribution in [0.15, 0.2) is 59.6 Å². The van der Waals surface area contributed by atoms with Gasteiger partial charge in [0.25, 0.3) is 10.0 Å². The molecule has 3 aromatic rings. The topological polar surface area (TPSA) is 82.9 Å². The molecule has 0 spiro atoms. The maximum atomic E-state index is 13.6. The lowest BCUT2D eigenvalue weighted by Crippen LogP contribution is -2.30. The van der Waals surface area contributed by atoms with Gasteiger partial charge in [-0.05, 0) is 42.3 Å². The van der Waals surface area contributed by atoms with Gasteiger partial charge in [-0.25, -0.2) is 8.42 Å². The highest BCUT2D eigenvalue weighted by Crippen LogP contribution is 2.25. The zero-order valence-corrected chi connectivity index (χ0v) is 19.8. The van der Waals surface area contributed by atoms with Crippen LogP contribution in [0.1, 0.15) is 29.8 Å². The molecule has 3 rings (SSSR count). The minimum atomic E-state index is -3.89. The molecule has 0 radical (unpaired) electrons. The van der Waals surface area contributed by atoms with Crippen LogP contribution in [0.25, 0.3) is 0 Å². The van der Waals surface area contributed by atoms with Gasteiger partial charge in [-0.3, -0.25) is 4.68 Å². The van der Waals surface area contributed by atoms with Crippen molar-refractivity contribution in [2.24, 2.45) is 7.05 Å². The summed E-state index contributed by atoms with van der Waals surface area (Å²) in [7, 11) is 2.58. The van der Waals surface area contributed by atoms with E-state index in [2.05, 4.69) is 5.10 Å². The molecule has 0 amide bonds. The van der Waals surface area contributed by atoms with E-state index in [1.54, 1.807) is 39.1 Å². The number of benzene rings is 2. The summed E-state index contributed by atoms with van der Waals surface area (Å²) < 4.78 is 46.0. The van der Waals surface area contributed by atoms with Crippen LogP contribution in [-0.2, 0) is 34.9 Å². The summed E-state index contributed by atoms with van der Waals surface area (Å²) in [6, 6.07) is 16.2. The number of ether oxygens (including phenoxy) is 3. The van der Waals surface area contributed by atoms with Crippen LogP contribution in [0.2, 0.25) is 0 Å². The lowest BCUT2D eigenvalue weighted by molar-refractivity contribution is 0.112. The average Bonchev–Trinajstić information content (AvgIpc) is 3.21. The highest BCUT2D eigenvalue weighted by atomic mass is 32.2. The van der Waals surface area contributed by atoms with Gasteiger partial charge in [0, 0.05) is 33.3 Å². The zero-order valence-electron chi connectivity index (χ0n) is 19.0. The Morgan fingerprint density at radius 1 is 0.906 bits per heavy atom. The maximum absolute atomic E-state index is 13.6. The number of rotatable bonds is 10.